The normalized spacial score (nSPS) is 27.6. The van der Waals surface area contributed by atoms with Crippen molar-refractivity contribution in [1.82, 2.24) is 9.80 Å². The van der Waals surface area contributed by atoms with Gasteiger partial charge in [0.1, 0.15) is 0 Å². The maximum absolute atomic E-state index is 12.9. The molecule has 146 valence electrons. The van der Waals surface area contributed by atoms with Crippen molar-refractivity contribution in [1.29, 1.82) is 0 Å². The Morgan fingerprint density at radius 1 is 1.07 bits per heavy atom. The molecule has 6 nitrogen and oxygen atoms in total. The number of nitrogens with one attached hydrogen (secondary N) is 1. The molecule has 2 heterocycles. The number of piperidine rings is 1. The van der Waals surface area contributed by atoms with Gasteiger partial charge in [-0.3, -0.25) is 4.79 Å². The third kappa shape index (κ3) is 3.68. The minimum atomic E-state index is -0.0863. The summed E-state index contributed by atoms with van der Waals surface area (Å²) >= 11 is 0. The predicted octanol–water partition coefficient (Wildman–Crippen LogP) is 2.82. The molecule has 2 saturated heterocycles. The largest absolute Gasteiger partial charge is 0.339 e. The van der Waals surface area contributed by atoms with Crippen LogP contribution >= 0.6 is 0 Å². The van der Waals surface area contributed by atoms with E-state index in [2.05, 4.69) is 5.32 Å². The van der Waals surface area contributed by atoms with Gasteiger partial charge in [0.2, 0.25) is 0 Å². The molecule has 0 radical (unpaired) electrons. The Labute approximate surface area is 161 Å². The van der Waals surface area contributed by atoms with Crippen molar-refractivity contribution >= 4 is 17.6 Å². The second-order valence-corrected chi connectivity index (χ2v) is 8.38. The summed E-state index contributed by atoms with van der Waals surface area (Å²) in [6.07, 6.45) is 5.53. The van der Waals surface area contributed by atoms with Gasteiger partial charge in [0.25, 0.3) is 5.91 Å². The summed E-state index contributed by atoms with van der Waals surface area (Å²) in [5, 5.41) is 2.99. The molecule has 1 aliphatic carbocycles. The van der Waals surface area contributed by atoms with Gasteiger partial charge in [-0.1, -0.05) is 6.07 Å². The zero-order valence-corrected chi connectivity index (χ0v) is 16.1. The fourth-order valence-corrected chi connectivity index (χ4v) is 4.87. The van der Waals surface area contributed by atoms with Crippen LogP contribution in [0.4, 0.5) is 10.5 Å². The van der Waals surface area contributed by atoms with Gasteiger partial charge in [-0.05, 0) is 68.6 Å². The molecular weight excluding hydrogens is 340 g/mol. The molecule has 2 aliphatic heterocycles. The van der Waals surface area contributed by atoms with E-state index in [0.717, 1.165) is 57.4 Å². The van der Waals surface area contributed by atoms with Crippen LogP contribution in [-0.2, 0) is 0 Å². The number of benzene rings is 1. The summed E-state index contributed by atoms with van der Waals surface area (Å²) in [6.45, 7) is 5.13. The van der Waals surface area contributed by atoms with Crippen molar-refractivity contribution < 1.29 is 9.59 Å². The lowest BCUT2D eigenvalue weighted by atomic mass is 9.98. The summed E-state index contributed by atoms with van der Waals surface area (Å²) < 4.78 is 0. The number of nitrogens with two attached hydrogens (primary N) is 1. The number of hydrogen-bond donors (Lipinski definition) is 2. The molecular formula is C21H30N4O2. The molecule has 4 rings (SSSR count). The summed E-state index contributed by atoms with van der Waals surface area (Å²) in [5.41, 5.74) is 8.50. The van der Waals surface area contributed by atoms with Crippen molar-refractivity contribution in [3.8, 4) is 0 Å². The van der Waals surface area contributed by atoms with Gasteiger partial charge < -0.3 is 20.9 Å². The third-order valence-corrected chi connectivity index (χ3v) is 6.56. The zero-order valence-electron chi connectivity index (χ0n) is 16.1. The maximum Gasteiger partial charge on any atom is 0.321 e. The van der Waals surface area contributed by atoms with Crippen LogP contribution in [0.2, 0.25) is 0 Å². The topological polar surface area (TPSA) is 78.7 Å². The summed E-state index contributed by atoms with van der Waals surface area (Å²) in [4.78, 5) is 29.4. The fraction of sp³-hybridized carbons (Fsp3) is 0.619. The van der Waals surface area contributed by atoms with Gasteiger partial charge in [-0.25, -0.2) is 4.79 Å². The number of likely N-dealkylation sites (tertiary alicyclic amines) is 2. The summed E-state index contributed by atoms with van der Waals surface area (Å²) in [6, 6.07) is 5.76. The van der Waals surface area contributed by atoms with E-state index in [1.54, 1.807) is 0 Å². The van der Waals surface area contributed by atoms with Crippen LogP contribution in [0.15, 0.2) is 18.2 Å². The summed E-state index contributed by atoms with van der Waals surface area (Å²) in [5.74, 6) is 1.05. The minimum Gasteiger partial charge on any atom is -0.339 e. The molecule has 27 heavy (non-hydrogen) atoms. The van der Waals surface area contributed by atoms with E-state index in [1.807, 2.05) is 34.9 Å². The average molecular weight is 370 g/mol. The van der Waals surface area contributed by atoms with Gasteiger partial charge in [0.15, 0.2) is 0 Å². The molecule has 1 aromatic rings. The van der Waals surface area contributed by atoms with Crippen molar-refractivity contribution in [2.75, 3.05) is 31.5 Å². The first kappa shape index (κ1) is 18.3. The van der Waals surface area contributed by atoms with Crippen molar-refractivity contribution in [2.45, 2.75) is 45.1 Å². The Balaban J connectivity index is 1.43. The lowest BCUT2D eigenvalue weighted by Crippen LogP contribution is -2.37. The number of carbonyl (C=O) groups is 2. The molecule has 3 aliphatic rings. The number of anilines is 1. The number of fused-ring (bicyclic) bond motifs is 1. The molecule has 3 unspecified atom stereocenters. The molecule has 3 fully saturated rings. The Morgan fingerprint density at radius 3 is 2.59 bits per heavy atom. The van der Waals surface area contributed by atoms with Gasteiger partial charge in [-0.15, -0.1) is 0 Å². The molecule has 3 atom stereocenters. The Kier molecular flexibility index (Phi) is 5.08. The second-order valence-electron chi connectivity index (χ2n) is 8.38. The highest BCUT2D eigenvalue weighted by molar-refractivity contribution is 5.98. The number of rotatable bonds is 2. The van der Waals surface area contributed by atoms with E-state index in [-0.39, 0.29) is 18.0 Å². The number of carbonyl (C=O) groups excluding carboxylic acids is 2. The van der Waals surface area contributed by atoms with Crippen molar-refractivity contribution in [3.63, 3.8) is 0 Å². The fourth-order valence-electron chi connectivity index (χ4n) is 4.87. The van der Waals surface area contributed by atoms with E-state index < -0.39 is 0 Å². The molecule has 3 N–H and O–H groups in total. The standard InChI is InChI=1S/C21H30N4O2/c1-14-5-7-16(11-17(14)20(26)24-9-3-2-4-10-24)23-21(27)25-12-15-6-8-19(22)18(15)13-25/h5,7,11,15,18-19H,2-4,6,8-10,12-13,22H2,1H3,(H,23,27). The van der Waals surface area contributed by atoms with E-state index in [4.69, 9.17) is 5.73 Å². The van der Waals surface area contributed by atoms with Gasteiger partial charge >= 0.3 is 6.03 Å². The Hall–Kier alpha value is -2.08. The van der Waals surface area contributed by atoms with Crippen LogP contribution < -0.4 is 11.1 Å². The smallest absolute Gasteiger partial charge is 0.321 e. The lowest BCUT2D eigenvalue weighted by Gasteiger charge is -2.27. The highest BCUT2D eigenvalue weighted by Crippen LogP contribution is 2.37. The van der Waals surface area contributed by atoms with Crippen LogP contribution in [-0.4, -0.2) is 54.0 Å². The molecule has 0 spiro atoms. The Bertz CT molecular complexity index is 729. The molecule has 1 aromatic carbocycles. The van der Waals surface area contributed by atoms with Crippen LogP contribution in [0.1, 0.15) is 48.0 Å². The molecule has 1 saturated carbocycles. The van der Waals surface area contributed by atoms with E-state index in [0.29, 0.717) is 23.1 Å². The highest BCUT2D eigenvalue weighted by atomic mass is 16.2. The van der Waals surface area contributed by atoms with Gasteiger partial charge in [0, 0.05) is 43.5 Å². The SMILES string of the molecule is Cc1ccc(NC(=O)N2CC3CCC(N)C3C2)cc1C(=O)N1CCCCC1. The first-order valence-corrected chi connectivity index (χ1v) is 10.2. The first-order valence-electron chi connectivity index (χ1n) is 10.2. The maximum atomic E-state index is 12.9. The predicted molar refractivity (Wildman–Crippen MR) is 106 cm³/mol. The van der Waals surface area contributed by atoms with Crippen LogP contribution in [0, 0.1) is 18.8 Å². The van der Waals surface area contributed by atoms with E-state index >= 15 is 0 Å². The van der Waals surface area contributed by atoms with Crippen LogP contribution in [0.3, 0.4) is 0 Å². The number of aryl methyl sites for hydroxylation is 1. The van der Waals surface area contributed by atoms with E-state index in [9.17, 15) is 9.59 Å². The third-order valence-electron chi connectivity index (χ3n) is 6.56. The molecule has 3 amide bonds. The number of urea groups is 1. The van der Waals surface area contributed by atoms with Gasteiger partial charge in [0.05, 0.1) is 0 Å². The van der Waals surface area contributed by atoms with Gasteiger partial charge in [-0.2, -0.15) is 0 Å². The van der Waals surface area contributed by atoms with E-state index in [1.165, 1.54) is 6.42 Å². The highest BCUT2D eigenvalue weighted by Gasteiger charge is 2.42. The average Bonchev–Trinajstić information content (AvgIpc) is 3.26. The lowest BCUT2D eigenvalue weighted by molar-refractivity contribution is 0.0723. The van der Waals surface area contributed by atoms with Crippen molar-refractivity contribution in [3.05, 3.63) is 29.3 Å². The Morgan fingerprint density at radius 2 is 1.85 bits per heavy atom. The second kappa shape index (κ2) is 7.50. The number of amides is 3. The zero-order chi connectivity index (χ0) is 19.0. The number of hydrogen-bond acceptors (Lipinski definition) is 3. The molecule has 0 aromatic heterocycles. The molecule has 0 bridgehead atoms. The number of nitrogens with zero attached hydrogens (tertiary/aromatic N) is 2. The van der Waals surface area contributed by atoms with Crippen LogP contribution in [0.25, 0.3) is 0 Å². The van der Waals surface area contributed by atoms with Crippen molar-refractivity contribution in [2.24, 2.45) is 17.6 Å². The monoisotopic (exact) mass is 370 g/mol. The first-order chi connectivity index (χ1) is 13.0. The van der Waals surface area contributed by atoms with Crippen LogP contribution in [0.5, 0.6) is 0 Å². The summed E-state index contributed by atoms with van der Waals surface area (Å²) in [7, 11) is 0. The minimum absolute atomic E-state index is 0.0741. The molecule has 6 heteroatoms. The quantitative estimate of drug-likeness (QED) is 0.840.